The Morgan fingerprint density at radius 2 is 1.79 bits per heavy atom. The van der Waals surface area contributed by atoms with E-state index in [4.69, 9.17) is 14.2 Å². The first-order chi connectivity index (χ1) is 9.00. The molecule has 0 radical (unpaired) electrons. The molecule has 4 nitrogen and oxygen atoms in total. The molecule has 0 bridgehead atoms. The normalized spacial score (nSPS) is 21.1. The van der Waals surface area contributed by atoms with Crippen LogP contribution in [0.2, 0.25) is 0 Å². The number of nitrogens with one attached hydrogen (secondary N) is 1. The van der Waals surface area contributed by atoms with Gasteiger partial charge in [0.15, 0.2) is 5.79 Å². The summed E-state index contributed by atoms with van der Waals surface area (Å²) in [6.07, 6.45) is 0. The van der Waals surface area contributed by atoms with Gasteiger partial charge in [-0.2, -0.15) is 0 Å². The fourth-order valence-electron chi connectivity index (χ4n) is 2.13. The molecule has 0 spiro atoms. The van der Waals surface area contributed by atoms with Crippen LogP contribution in [0.4, 0.5) is 0 Å². The number of hydrogen-bond donors (Lipinski definition) is 1. The molecule has 1 atom stereocenters. The second kappa shape index (κ2) is 5.90. The Hall–Kier alpha value is -1.10. The molecule has 0 amide bonds. The van der Waals surface area contributed by atoms with Crippen LogP contribution >= 0.6 is 0 Å². The predicted molar refractivity (Wildman–Crippen MR) is 74.3 cm³/mol. The minimum Gasteiger partial charge on any atom is -0.497 e. The van der Waals surface area contributed by atoms with Gasteiger partial charge in [0, 0.05) is 6.04 Å². The highest BCUT2D eigenvalue weighted by Crippen LogP contribution is 2.21. The molecule has 1 aliphatic rings. The molecule has 0 aromatic heterocycles. The van der Waals surface area contributed by atoms with Gasteiger partial charge in [-0.05, 0) is 38.5 Å². The van der Waals surface area contributed by atoms with Crippen molar-refractivity contribution in [3.8, 4) is 5.75 Å². The van der Waals surface area contributed by atoms with Gasteiger partial charge in [-0.15, -0.1) is 0 Å². The van der Waals surface area contributed by atoms with E-state index < -0.39 is 5.79 Å². The lowest BCUT2D eigenvalue weighted by Crippen LogP contribution is -2.49. The molecule has 19 heavy (non-hydrogen) atoms. The molecule has 1 aromatic rings. The standard InChI is InChI=1S/C15H23NO3/c1-11(12-5-7-14(17-4)8-6-12)16-13-9-18-15(2,3)19-10-13/h5-8,11,13,16H,9-10H2,1-4H3. The van der Waals surface area contributed by atoms with Crippen molar-refractivity contribution in [1.29, 1.82) is 0 Å². The monoisotopic (exact) mass is 265 g/mol. The molecule has 0 saturated carbocycles. The maximum absolute atomic E-state index is 5.65. The van der Waals surface area contributed by atoms with Crippen LogP contribution in [0.5, 0.6) is 5.75 Å². The average Bonchev–Trinajstić information content (AvgIpc) is 2.41. The molecule has 0 aliphatic carbocycles. The largest absolute Gasteiger partial charge is 0.497 e. The highest BCUT2D eigenvalue weighted by molar-refractivity contribution is 5.28. The number of rotatable bonds is 4. The summed E-state index contributed by atoms with van der Waals surface area (Å²) < 4.78 is 16.5. The van der Waals surface area contributed by atoms with E-state index in [1.807, 2.05) is 26.0 Å². The first-order valence-electron chi connectivity index (χ1n) is 6.68. The van der Waals surface area contributed by atoms with Gasteiger partial charge in [0.05, 0.1) is 26.4 Å². The molecular weight excluding hydrogens is 242 g/mol. The van der Waals surface area contributed by atoms with E-state index in [2.05, 4.69) is 24.4 Å². The Morgan fingerprint density at radius 1 is 1.21 bits per heavy atom. The van der Waals surface area contributed by atoms with Crippen molar-refractivity contribution < 1.29 is 14.2 Å². The molecule has 1 unspecified atom stereocenters. The Bertz CT molecular complexity index is 392. The first kappa shape index (κ1) is 14.3. The highest BCUT2D eigenvalue weighted by Gasteiger charge is 2.28. The zero-order valence-electron chi connectivity index (χ0n) is 12.1. The van der Waals surface area contributed by atoms with Crippen LogP contribution < -0.4 is 10.1 Å². The van der Waals surface area contributed by atoms with Crippen LogP contribution in [-0.4, -0.2) is 32.2 Å². The summed E-state index contributed by atoms with van der Waals surface area (Å²) in [7, 11) is 1.68. The summed E-state index contributed by atoms with van der Waals surface area (Å²) in [5.74, 6) is 0.420. The third-order valence-corrected chi connectivity index (χ3v) is 3.37. The van der Waals surface area contributed by atoms with Gasteiger partial charge in [-0.3, -0.25) is 0 Å². The lowest BCUT2D eigenvalue weighted by molar-refractivity contribution is -0.253. The molecule has 1 aliphatic heterocycles. The van der Waals surface area contributed by atoms with Crippen molar-refractivity contribution in [1.82, 2.24) is 5.32 Å². The van der Waals surface area contributed by atoms with Gasteiger partial charge in [-0.25, -0.2) is 0 Å². The molecule has 106 valence electrons. The zero-order valence-corrected chi connectivity index (χ0v) is 12.1. The molecule has 1 aromatic carbocycles. The van der Waals surface area contributed by atoms with Crippen LogP contribution in [0, 0.1) is 0 Å². The maximum atomic E-state index is 5.65. The summed E-state index contributed by atoms with van der Waals surface area (Å²) in [4.78, 5) is 0. The van der Waals surface area contributed by atoms with Crippen molar-refractivity contribution in [2.75, 3.05) is 20.3 Å². The summed E-state index contributed by atoms with van der Waals surface area (Å²) in [6, 6.07) is 8.58. The molecule has 2 rings (SSSR count). The van der Waals surface area contributed by atoms with Crippen LogP contribution in [0.1, 0.15) is 32.4 Å². The molecule has 1 fully saturated rings. The molecule has 4 heteroatoms. The summed E-state index contributed by atoms with van der Waals surface area (Å²) in [6.45, 7) is 7.37. The Morgan fingerprint density at radius 3 is 2.32 bits per heavy atom. The minimum absolute atomic E-state index is 0.227. The topological polar surface area (TPSA) is 39.7 Å². The maximum Gasteiger partial charge on any atom is 0.162 e. The van der Waals surface area contributed by atoms with Crippen molar-refractivity contribution in [3.05, 3.63) is 29.8 Å². The predicted octanol–water partition coefficient (Wildman–Crippen LogP) is 2.50. The summed E-state index contributed by atoms with van der Waals surface area (Å²) in [5.41, 5.74) is 1.23. The number of ether oxygens (including phenoxy) is 3. The van der Waals surface area contributed by atoms with Gasteiger partial charge in [0.25, 0.3) is 0 Å². The van der Waals surface area contributed by atoms with Crippen LogP contribution in [0.15, 0.2) is 24.3 Å². The summed E-state index contributed by atoms with van der Waals surface area (Å²) >= 11 is 0. The Balaban J connectivity index is 1.88. The molecule has 1 heterocycles. The lowest BCUT2D eigenvalue weighted by atomic mass is 10.1. The van der Waals surface area contributed by atoms with Crippen molar-refractivity contribution in [3.63, 3.8) is 0 Å². The third kappa shape index (κ3) is 3.93. The fourth-order valence-corrected chi connectivity index (χ4v) is 2.13. The fraction of sp³-hybridized carbons (Fsp3) is 0.600. The van der Waals surface area contributed by atoms with Gasteiger partial charge in [0.1, 0.15) is 5.75 Å². The number of methoxy groups -OCH3 is 1. The van der Waals surface area contributed by atoms with E-state index in [0.717, 1.165) is 5.75 Å². The summed E-state index contributed by atoms with van der Waals surface area (Å²) in [5, 5.41) is 3.52. The van der Waals surface area contributed by atoms with Gasteiger partial charge in [-0.1, -0.05) is 12.1 Å². The molecular formula is C15H23NO3. The van der Waals surface area contributed by atoms with Crippen molar-refractivity contribution in [2.45, 2.75) is 38.6 Å². The smallest absolute Gasteiger partial charge is 0.162 e. The van der Waals surface area contributed by atoms with E-state index >= 15 is 0 Å². The van der Waals surface area contributed by atoms with E-state index in [1.54, 1.807) is 7.11 Å². The van der Waals surface area contributed by atoms with Crippen molar-refractivity contribution in [2.24, 2.45) is 0 Å². The third-order valence-electron chi connectivity index (χ3n) is 3.37. The van der Waals surface area contributed by atoms with Crippen LogP contribution in [0.3, 0.4) is 0 Å². The van der Waals surface area contributed by atoms with E-state index in [9.17, 15) is 0 Å². The Kier molecular flexibility index (Phi) is 4.45. The van der Waals surface area contributed by atoms with E-state index in [-0.39, 0.29) is 12.1 Å². The second-order valence-electron chi connectivity index (χ2n) is 5.38. The highest BCUT2D eigenvalue weighted by atomic mass is 16.7. The average molecular weight is 265 g/mol. The Labute approximate surface area is 115 Å². The van der Waals surface area contributed by atoms with Gasteiger partial charge in [0.2, 0.25) is 0 Å². The van der Waals surface area contributed by atoms with E-state index in [0.29, 0.717) is 13.2 Å². The van der Waals surface area contributed by atoms with Crippen molar-refractivity contribution >= 4 is 0 Å². The molecule has 1 N–H and O–H groups in total. The molecule has 1 saturated heterocycles. The SMILES string of the molecule is COc1ccc(C(C)NC2COC(C)(C)OC2)cc1. The van der Waals surface area contributed by atoms with Crippen LogP contribution in [0.25, 0.3) is 0 Å². The van der Waals surface area contributed by atoms with Gasteiger partial charge < -0.3 is 19.5 Å². The first-order valence-corrected chi connectivity index (χ1v) is 6.68. The quantitative estimate of drug-likeness (QED) is 0.908. The minimum atomic E-state index is -0.457. The zero-order chi connectivity index (χ0) is 13.9. The van der Waals surface area contributed by atoms with E-state index in [1.165, 1.54) is 5.56 Å². The number of benzene rings is 1. The lowest BCUT2D eigenvalue weighted by Gasteiger charge is -2.36. The van der Waals surface area contributed by atoms with Crippen LogP contribution in [-0.2, 0) is 9.47 Å². The number of hydrogen-bond acceptors (Lipinski definition) is 4. The second-order valence-corrected chi connectivity index (χ2v) is 5.38. The van der Waals surface area contributed by atoms with Gasteiger partial charge >= 0.3 is 0 Å².